The fraction of sp³-hybridized carbons (Fsp3) is 0.857. The first-order valence-electron chi connectivity index (χ1n) is 6.99. The Hall–Kier alpha value is -0.550. The molecule has 0 spiro atoms. The van der Waals surface area contributed by atoms with Gasteiger partial charge in [0.2, 0.25) is 5.89 Å². The van der Waals surface area contributed by atoms with Crippen LogP contribution in [-0.2, 0) is 12.2 Å². The molecule has 1 heterocycles. The fourth-order valence-corrected chi connectivity index (χ4v) is 2.38. The van der Waals surface area contributed by atoms with Crippen molar-refractivity contribution in [2.24, 2.45) is 5.41 Å². The molecule has 0 aromatic carbocycles. The van der Waals surface area contributed by atoms with E-state index in [4.69, 9.17) is 4.52 Å². The largest absolute Gasteiger partial charge is 0.339 e. The van der Waals surface area contributed by atoms with Gasteiger partial charge in [0.05, 0.1) is 5.75 Å². The molecule has 1 aromatic rings. The summed E-state index contributed by atoms with van der Waals surface area (Å²) < 4.78 is 5.35. The molecule has 110 valence electrons. The minimum atomic E-state index is 0.178. The highest BCUT2D eigenvalue weighted by Gasteiger charge is 2.26. The Balaban J connectivity index is 2.60. The van der Waals surface area contributed by atoms with Crippen LogP contribution < -0.4 is 5.32 Å². The van der Waals surface area contributed by atoms with Crippen LogP contribution in [0.2, 0.25) is 0 Å². The lowest BCUT2D eigenvalue weighted by Gasteiger charge is -2.30. The SMILES string of the molecule is CCNC(Cc1nc(CSC(C)C)no1)C(C)(C)C. The van der Waals surface area contributed by atoms with Crippen LogP contribution >= 0.6 is 11.8 Å². The van der Waals surface area contributed by atoms with E-state index in [2.05, 4.69) is 57.0 Å². The second-order valence-corrected chi connectivity index (χ2v) is 7.71. The molecule has 1 aromatic heterocycles. The average Bonchev–Trinajstić information content (AvgIpc) is 2.72. The van der Waals surface area contributed by atoms with Crippen molar-refractivity contribution < 1.29 is 4.52 Å². The van der Waals surface area contributed by atoms with Crippen LogP contribution in [0.5, 0.6) is 0 Å². The van der Waals surface area contributed by atoms with Gasteiger partial charge in [-0.1, -0.05) is 46.7 Å². The number of likely N-dealkylation sites (N-methyl/N-ethyl adjacent to an activating group) is 1. The van der Waals surface area contributed by atoms with Crippen molar-refractivity contribution in [3.05, 3.63) is 11.7 Å². The molecule has 1 unspecified atom stereocenters. The van der Waals surface area contributed by atoms with Crippen molar-refractivity contribution in [1.82, 2.24) is 15.5 Å². The standard InChI is InChI=1S/C14H27N3OS/c1-7-15-11(14(4,5)6)8-13-16-12(17-18-13)9-19-10(2)3/h10-11,15H,7-9H2,1-6H3. The van der Waals surface area contributed by atoms with Crippen molar-refractivity contribution in [3.63, 3.8) is 0 Å². The summed E-state index contributed by atoms with van der Waals surface area (Å²) in [5, 5.41) is 8.14. The summed E-state index contributed by atoms with van der Waals surface area (Å²) in [6.45, 7) is 14.1. The van der Waals surface area contributed by atoms with Crippen LogP contribution in [0.4, 0.5) is 0 Å². The van der Waals surface area contributed by atoms with E-state index < -0.39 is 0 Å². The molecule has 0 aliphatic heterocycles. The van der Waals surface area contributed by atoms with Crippen LogP contribution in [0, 0.1) is 5.41 Å². The highest BCUT2D eigenvalue weighted by Crippen LogP contribution is 2.22. The molecule has 1 N–H and O–H groups in total. The van der Waals surface area contributed by atoms with E-state index in [1.807, 2.05) is 11.8 Å². The summed E-state index contributed by atoms with van der Waals surface area (Å²) in [4.78, 5) is 4.48. The van der Waals surface area contributed by atoms with E-state index in [0.717, 1.165) is 30.4 Å². The number of rotatable bonds is 7. The lowest BCUT2D eigenvalue weighted by molar-refractivity contribution is 0.247. The van der Waals surface area contributed by atoms with Gasteiger partial charge in [0.1, 0.15) is 0 Å². The number of hydrogen-bond donors (Lipinski definition) is 1. The number of aromatic nitrogens is 2. The lowest BCUT2D eigenvalue weighted by Crippen LogP contribution is -2.41. The zero-order valence-electron chi connectivity index (χ0n) is 13.0. The molecule has 0 saturated heterocycles. The molecule has 5 heteroatoms. The summed E-state index contributed by atoms with van der Waals surface area (Å²) in [5.74, 6) is 2.36. The second-order valence-electron chi connectivity index (χ2n) is 6.14. The number of thioether (sulfide) groups is 1. The van der Waals surface area contributed by atoms with Gasteiger partial charge in [-0.05, 0) is 17.2 Å². The Labute approximate surface area is 121 Å². The van der Waals surface area contributed by atoms with Gasteiger partial charge in [-0.15, -0.1) is 0 Å². The minimum absolute atomic E-state index is 0.178. The Kier molecular flexibility index (Phi) is 6.33. The van der Waals surface area contributed by atoms with Crippen LogP contribution in [0.15, 0.2) is 4.52 Å². The maximum Gasteiger partial charge on any atom is 0.228 e. The van der Waals surface area contributed by atoms with E-state index >= 15 is 0 Å². The van der Waals surface area contributed by atoms with Gasteiger partial charge in [0.15, 0.2) is 5.82 Å². The average molecular weight is 285 g/mol. The molecule has 0 bridgehead atoms. The van der Waals surface area contributed by atoms with Gasteiger partial charge in [0.25, 0.3) is 0 Å². The van der Waals surface area contributed by atoms with Gasteiger partial charge in [-0.2, -0.15) is 16.7 Å². The molecule has 19 heavy (non-hydrogen) atoms. The van der Waals surface area contributed by atoms with E-state index in [0.29, 0.717) is 11.3 Å². The maximum absolute atomic E-state index is 5.35. The molecule has 0 aliphatic carbocycles. The van der Waals surface area contributed by atoms with Crippen molar-refractivity contribution >= 4 is 11.8 Å². The molecule has 0 amide bonds. The van der Waals surface area contributed by atoms with E-state index in [1.165, 1.54) is 0 Å². The summed E-state index contributed by atoms with van der Waals surface area (Å²) in [7, 11) is 0. The fourth-order valence-electron chi connectivity index (χ4n) is 1.78. The first-order valence-corrected chi connectivity index (χ1v) is 8.04. The van der Waals surface area contributed by atoms with E-state index in [9.17, 15) is 0 Å². The van der Waals surface area contributed by atoms with Gasteiger partial charge in [0, 0.05) is 12.5 Å². The quantitative estimate of drug-likeness (QED) is 0.833. The monoisotopic (exact) mass is 285 g/mol. The van der Waals surface area contributed by atoms with Crippen LogP contribution in [0.3, 0.4) is 0 Å². The topological polar surface area (TPSA) is 51.0 Å². The van der Waals surface area contributed by atoms with Crippen molar-refractivity contribution in [2.75, 3.05) is 6.54 Å². The minimum Gasteiger partial charge on any atom is -0.339 e. The Morgan fingerprint density at radius 1 is 1.32 bits per heavy atom. The van der Waals surface area contributed by atoms with Gasteiger partial charge in [-0.25, -0.2) is 0 Å². The van der Waals surface area contributed by atoms with Crippen molar-refractivity contribution in [1.29, 1.82) is 0 Å². The maximum atomic E-state index is 5.35. The lowest BCUT2D eigenvalue weighted by atomic mass is 9.84. The summed E-state index contributed by atoms with van der Waals surface area (Å²) >= 11 is 1.83. The van der Waals surface area contributed by atoms with Gasteiger partial charge in [-0.3, -0.25) is 0 Å². The second kappa shape index (κ2) is 7.29. The highest BCUT2D eigenvalue weighted by atomic mass is 32.2. The zero-order chi connectivity index (χ0) is 14.5. The normalized spacial score (nSPS) is 14.1. The number of hydrogen-bond acceptors (Lipinski definition) is 5. The predicted molar refractivity (Wildman–Crippen MR) is 81.4 cm³/mol. The third kappa shape index (κ3) is 5.95. The van der Waals surface area contributed by atoms with Crippen molar-refractivity contribution in [3.8, 4) is 0 Å². The molecule has 4 nitrogen and oxygen atoms in total. The third-order valence-electron chi connectivity index (χ3n) is 2.93. The van der Waals surface area contributed by atoms with Crippen molar-refractivity contribution in [2.45, 2.75) is 65.0 Å². The van der Waals surface area contributed by atoms with Crippen LogP contribution in [0.25, 0.3) is 0 Å². The Morgan fingerprint density at radius 2 is 2.00 bits per heavy atom. The van der Waals surface area contributed by atoms with Gasteiger partial charge < -0.3 is 9.84 Å². The molecular formula is C14H27N3OS. The molecule has 0 radical (unpaired) electrons. The van der Waals surface area contributed by atoms with E-state index in [-0.39, 0.29) is 5.41 Å². The van der Waals surface area contributed by atoms with Crippen LogP contribution in [-0.4, -0.2) is 28.0 Å². The van der Waals surface area contributed by atoms with Gasteiger partial charge >= 0.3 is 0 Å². The Bertz CT molecular complexity index is 371. The number of nitrogens with zero attached hydrogens (tertiary/aromatic N) is 2. The smallest absolute Gasteiger partial charge is 0.228 e. The number of nitrogens with one attached hydrogen (secondary N) is 1. The Morgan fingerprint density at radius 3 is 2.53 bits per heavy atom. The molecule has 0 fully saturated rings. The molecule has 0 aliphatic rings. The molecule has 0 saturated carbocycles. The molecule has 1 rings (SSSR count). The summed E-state index contributed by atoms with van der Waals surface area (Å²) in [5.41, 5.74) is 0.178. The highest BCUT2D eigenvalue weighted by molar-refractivity contribution is 7.99. The van der Waals surface area contributed by atoms with Crippen LogP contribution in [0.1, 0.15) is 53.3 Å². The first kappa shape index (κ1) is 16.5. The first-order chi connectivity index (χ1) is 8.82. The zero-order valence-corrected chi connectivity index (χ0v) is 13.8. The third-order valence-corrected chi connectivity index (χ3v) is 4.02. The summed E-state index contributed by atoms with van der Waals surface area (Å²) in [6.07, 6.45) is 0.788. The molecule has 1 atom stereocenters. The molecular weight excluding hydrogens is 258 g/mol. The van der Waals surface area contributed by atoms with E-state index in [1.54, 1.807) is 0 Å². The summed E-state index contributed by atoms with van der Waals surface area (Å²) in [6, 6.07) is 0.351. The predicted octanol–water partition coefficient (Wildman–Crippen LogP) is 3.28.